The minimum absolute atomic E-state index is 0. The summed E-state index contributed by atoms with van der Waals surface area (Å²) in [6.07, 6.45) is 2.97. The third kappa shape index (κ3) is 3.97. The molecule has 1 aromatic rings. The molecule has 0 bridgehead atoms. The highest BCUT2D eigenvalue weighted by atomic mass is 35.5. The molecule has 1 fully saturated rings. The number of halogens is 1. The summed E-state index contributed by atoms with van der Waals surface area (Å²) in [5.74, 6) is -0.161. The molecular weight excluding hydrogens is 326 g/mol. The van der Waals surface area contributed by atoms with Crippen LogP contribution in [-0.2, 0) is 16.1 Å². The molecule has 2 rings (SSSR count). The first-order valence-corrected chi connectivity index (χ1v) is 7.94. The van der Waals surface area contributed by atoms with Crippen molar-refractivity contribution in [2.45, 2.75) is 44.7 Å². The second-order valence-corrected chi connectivity index (χ2v) is 6.48. The Morgan fingerprint density at radius 1 is 1.50 bits per heavy atom. The predicted octanol–water partition coefficient (Wildman–Crippen LogP) is 1.88. The first-order valence-electron chi connectivity index (χ1n) is 7.06. The summed E-state index contributed by atoms with van der Waals surface area (Å²) < 4.78 is 4.90. The molecule has 0 aliphatic heterocycles. The Balaban J connectivity index is 0.00000242. The van der Waals surface area contributed by atoms with Crippen molar-refractivity contribution in [2.75, 3.05) is 7.11 Å². The van der Waals surface area contributed by atoms with Crippen molar-refractivity contribution in [1.82, 2.24) is 10.3 Å². The van der Waals surface area contributed by atoms with Gasteiger partial charge in [0.05, 0.1) is 7.11 Å². The molecule has 22 heavy (non-hydrogen) atoms. The molecule has 0 spiro atoms. The molecular formula is C14H22ClN3O3S. The molecule has 6 nitrogen and oxygen atoms in total. The number of carbonyl (C=O) groups is 2. The van der Waals surface area contributed by atoms with Crippen LogP contribution in [0.4, 0.5) is 0 Å². The number of nitrogens with two attached hydrogens (primary N) is 1. The molecule has 1 heterocycles. The zero-order valence-electron chi connectivity index (χ0n) is 12.8. The van der Waals surface area contributed by atoms with Gasteiger partial charge in [-0.15, -0.1) is 23.7 Å². The van der Waals surface area contributed by atoms with Crippen molar-refractivity contribution in [3.05, 3.63) is 16.1 Å². The summed E-state index contributed by atoms with van der Waals surface area (Å²) >= 11 is 1.34. The van der Waals surface area contributed by atoms with E-state index in [2.05, 4.69) is 17.2 Å². The highest BCUT2D eigenvalue weighted by molar-refractivity contribution is 7.09. The van der Waals surface area contributed by atoms with Gasteiger partial charge in [-0.25, -0.2) is 9.78 Å². The number of esters is 1. The molecule has 0 saturated heterocycles. The van der Waals surface area contributed by atoms with E-state index in [1.807, 2.05) is 0 Å². The Labute approximate surface area is 140 Å². The summed E-state index contributed by atoms with van der Waals surface area (Å²) in [6, 6.07) is 0. The van der Waals surface area contributed by atoms with Crippen LogP contribution in [0.15, 0.2) is 5.38 Å². The van der Waals surface area contributed by atoms with Crippen LogP contribution in [0, 0.1) is 5.92 Å². The third-order valence-corrected chi connectivity index (χ3v) is 4.89. The quantitative estimate of drug-likeness (QED) is 0.811. The van der Waals surface area contributed by atoms with Gasteiger partial charge in [0.25, 0.3) is 5.91 Å². The van der Waals surface area contributed by atoms with E-state index in [1.54, 1.807) is 5.38 Å². The van der Waals surface area contributed by atoms with E-state index in [4.69, 9.17) is 10.5 Å². The van der Waals surface area contributed by atoms with Crippen LogP contribution in [0.5, 0.6) is 0 Å². The summed E-state index contributed by atoms with van der Waals surface area (Å²) in [4.78, 5) is 28.6. The van der Waals surface area contributed by atoms with Crippen molar-refractivity contribution in [3.8, 4) is 0 Å². The molecule has 1 amide bonds. The maximum atomic E-state index is 12.3. The number of hydrogen-bond donors (Lipinski definition) is 2. The van der Waals surface area contributed by atoms with Crippen LogP contribution in [0.2, 0.25) is 0 Å². The lowest BCUT2D eigenvalue weighted by atomic mass is 9.77. The standard InChI is InChI=1S/C14H21N3O3S.ClH/c1-9-3-5-14(6-4-9,13(19)20-2)17-12(18)10-8-21-11(7-15)16-10;/h8-9H,3-7,15H2,1-2H3,(H,17,18);1H. The molecule has 1 aliphatic rings. The van der Waals surface area contributed by atoms with Gasteiger partial charge >= 0.3 is 5.97 Å². The van der Waals surface area contributed by atoms with E-state index in [0.29, 0.717) is 36.0 Å². The van der Waals surface area contributed by atoms with Gasteiger partial charge in [-0.3, -0.25) is 4.79 Å². The molecule has 3 N–H and O–H groups in total. The lowest BCUT2D eigenvalue weighted by Crippen LogP contribution is -2.56. The van der Waals surface area contributed by atoms with Crippen LogP contribution in [0.25, 0.3) is 0 Å². The zero-order chi connectivity index (χ0) is 15.5. The Hall–Kier alpha value is -1.18. The van der Waals surface area contributed by atoms with Gasteiger partial charge in [0.15, 0.2) is 0 Å². The number of nitrogens with one attached hydrogen (secondary N) is 1. The maximum Gasteiger partial charge on any atom is 0.331 e. The predicted molar refractivity (Wildman–Crippen MR) is 87.1 cm³/mol. The second kappa shape index (κ2) is 7.89. The fraction of sp³-hybridized carbons (Fsp3) is 0.643. The topological polar surface area (TPSA) is 94.3 Å². The zero-order valence-corrected chi connectivity index (χ0v) is 14.4. The first-order chi connectivity index (χ1) is 10.0. The number of rotatable bonds is 4. The Kier molecular flexibility index (Phi) is 6.77. The highest BCUT2D eigenvalue weighted by Crippen LogP contribution is 2.33. The second-order valence-electron chi connectivity index (χ2n) is 5.54. The lowest BCUT2D eigenvalue weighted by molar-refractivity contribution is -0.150. The first kappa shape index (κ1) is 18.9. The summed E-state index contributed by atoms with van der Waals surface area (Å²) in [5.41, 5.74) is 4.88. The number of hydrogen-bond acceptors (Lipinski definition) is 6. The fourth-order valence-electron chi connectivity index (χ4n) is 2.62. The molecule has 0 radical (unpaired) electrons. The number of ether oxygens (including phenoxy) is 1. The summed E-state index contributed by atoms with van der Waals surface area (Å²) in [6.45, 7) is 2.45. The monoisotopic (exact) mass is 347 g/mol. The molecule has 8 heteroatoms. The molecule has 1 aromatic heterocycles. The minimum Gasteiger partial charge on any atom is -0.467 e. The van der Waals surface area contributed by atoms with Crippen LogP contribution >= 0.6 is 23.7 Å². The maximum absolute atomic E-state index is 12.3. The molecule has 1 aliphatic carbocycles. The number of nitrogens with zero attached hydrogens (tertiary/aromatic N) is 1. The average Bonchev–Trinajstić information content (AvgIpc) is 2.98. The number of methoxy groups -OCH3 is 1. The summed E-state index contributed by atoms with van der Waals surface area (Å²) in [7, 11) is 1.35. The number of aromatic nitrogens is 1. The third-order valence-electron chi connectivity index (χ3n) is 4.02. The van der Waals surface area contributed by atoms with Crippen molar-refractivity contribution in [1.29, 1.82) is 0 Å². The number of thiazole rings is 1. The molecule has 0 aromatic carbocycles. The van der Waals surface area contributed by atoms with Crippen molar-refractivity contribution < 1.29 is 14.3 Å². The largest absolute Gasteiger partial charge is 0.467 e. The van der Waals surface area contributed by atoms with Crippen LogP contribution in [0.3, 0.4) is 0 Å². The van der Waals surface area contributed by atoms with Gasteiger partial charge in [0.1, 0.15) is 16.2 Å². The van der Waals surface area contributed by atoms with E-state index >= 15 is 0 Å². The lowest BCUT2D eigenvalue weighted by Gasteiger charge is -2.37. The molecule has 0 unspecified atom stereocenters. The van der Waals surface area contributed by atoms with Crippen molar-refractivity contribution in [2.24, 2.45) is 11.7 Å². The van der Waals surface area contributed by atoms with E-state index in [-0.39, 0.29) is 24.3 Å². The van der Waals surface area contributed by atoms with E-state index in [1.165, 1.54) is 18.4 Å². The van der Waals surface area contributed by atoms with Gasteiger partial charge in [-0.05, 0) is 31.6 Å². The van der Waals surface area contributed by atoms with Crippen LogP contribution in [0.1, 0.15) is 48.1 Å². The Morgan fingerprint density at radius 2 is 2.14 bits per heavy atom. The van der Waals surface area contributed by atoms with Gasteiger partial charge in [-0.2, -0.15) is 0 Å². The van der Waals surface area contributed by atoms with Gasteiger partial charge in [0.2, 0.25) is 0 Å². The Morgan fingerprint density at radius 3 is 2.64 bits per heavy atom. The van der Waals surface area contributed by atoms with Gasteiger partial charge in [-0.1, -0.05) is 6.92 Å². The van der Waals surface area contributed by atoms with E-state index in [9.17, 15) is 9.59 Å². The van der Waals surface area contributed by atoms with Gasteiger partial charge in [0, 0.05) is 11.9 Å². The number of carbonyl (C=O) groups excluding carboxylic acids is 2. The normalized spacial score (nSPS) is 24.2. The summed E-state index contributed by atoms with van der Waals surface area (Å²) in [5, 5.41) is 5.21. The SMILES string of the molecule is COC(=O)C1(NC(=O)c2csc(CN)n2)CCC(C)CC1.Cl. The molecule has 1 saturated carbocycles. The molecule has 124 valence electrons. The van der Waals surface area contributed by atoms with E-state index in [0.717, 1.165) is 12.8 Å². The smallest absolute Gasteiger partial charge is 0.331 e. The van der Waals surface area contributed by atoms with Crippen LogP contribution in [-0.4, -0.2) is 29.5 Å². The van der Waals surface area contributed by atoms with Crippen molar-refractivity contribution >= 4 is 35.6 Å². The minimum atomic E-state index is -0.926. The van der Waals surface area contributed by atoms with E-state index < -0.39 is 5.54 Å². The fourth-order valence-corrected chi connectivity index (χ4v) is 3.28. The average molecular weight is 348 g/mol. The van der Waals surface area contributed by atoms with Crippen LogP contribution < -0.4 is 11.1 Å². The molecule has 0 atom stereocenters. The Bertz CT molecular complexity index is 527. The van der Waals surface area contributed by atoms with Crippen molar-refractivity contribution in [3.63, 3.8) is 0 Å². The van der Waals surface area contributed by atoms with Gasteiger partial charge < -0.3 is 15.8 Å². The number of amides is 1. The highest BCUT2D eigenvalue weighted by Gasteiger charge is 2.43.